The van der Waals surface area contributed by atoms with Crippen molar-refractivity contribution in [2.24, 2.45) is 0 Å². The van der Waals surface area contributed by atoms with Crippen molar-refractivity contribution in [2.45, 2.75) is 0 Å². The highest BCUT2D eigenvalue weighted by molar-refractivity contribution is 6.33. The Kier molecular flexibility index (Phi) is 1.11. The van der Waals surface area contributed by atoms with E-state index in [4.69, 9.17) is 16.0 Å². The summed E-state index contributed by atoms with van der Waals surface area (Å²) in [5, 5.41) is 8.43. The highest BCUT2D eigenvalue weighted by Gasteiger charge is 2.01. The fraction of sp³-hybridized carbons (Fsp3) is 0. The predicted molar refractivity (Wildman–Crippen MR) is 36.8 cm³/mol. The fourth-order valence-corrected chi connectivity index (χ4v) is 0.973. The molecule has 0 unspecified atom stereocenters. The minimum atomic E-state index is 0.308. The van der Waals surface area contributed by atoms with E-state index in [-0.39, 0.29) is 0 Å². The lowest BCUT2D eigenvalue weighted by Gasteiger charge is -1.86. The highest BCUT2D eigenvalue weighted by atomic mass is 35.5. The number of aromatic nitrogens is 2. The average molecular weight is 155 g/mol. The number of nitrogens with zero attached hydrogens (tertiary/aromatic N) is 2. The van der Waals surface area contributed by atoms with Crippen molar-refractivity contribution in [1.29, 1.82) is 0 Å². The molecule has 0 saturated heterocycles. The summed E-state index contributed by atoms with van der Waals surface area (Å²) in [5.41, 5.74) is 0.594. The van der Waals surface area contributed by atoms with E-state index in [1.165, 1.54) is 0 Å². The fourth-order valence-electron chi connectivity index (χ4n) is 0.776. The third kappa shape index (κ3) is 0.675. The van der Waals surface area contributed by atoms with Crippen LogP contribution >= 0.6 is 11.6 Å². The Labute approximate surface area is 61.6 Å². The van der Waals surface area contributed by atoms with Gasteiger partial charge in [-0.1, -0.05) is 11.6 Å². The van der Waals surface area contributed by atoms with Crippen LogP contribution in [0.25, 0.3) is 11.0 Å². The van der Waals surface area contributed by atoms with Crippen LogP contribution < -0.4 is 0 Å². The van der Waals surface area contributed by atoms with Crippen LogP contribution in [-0.2, 0) is 0 Å². The van der Waals surface area contributed by atoms with E-state index < -0.39 is 0 Å². The summed E-state index contributed by atoms with van der Waals surface area (Å²) in [6.45, 7) is 0. The van der Waals surface area contributed by atoms with Crippen LogP contribution in [0.15, 0.2) is 22.9 Å². The first-order valence-corrected chi connectivity index (χ1v) is 3.10. The molecule has 0 aromatic carbocycles. The zero-order valence-corrected chi connectivity index (χ0v) is 5.67. The number of rotatable bonds is 0. The van der Waals surface area contributed by atoms with E-state index in [0.717, 1.165) is 5.39 Å². The van der Waals surface area contributed by atoms with Gasteiger partial charge in [0, 0.05) is 5.39 Å². The van der Waals surface area contributed by atoms with E-state index in [9.17, 15) is 0 Å². The number of furan rings is 1. The Hall–Kier alpha value is -1.09. The second kappa shape index (κ2) is 1.95. The molecule has 10 heavy (non-hydrogen) atoms. The Bertz CT molecular complexity index is 357. The van der Waals surface area contributed by atoms with E-state index in [2.05, 4.69) is 10.2 Å². The summed E-state index contributed by atoms with van der Waals surface area (Å²) < 4.78 is 5.01. The van der Waals surface area contributed by atoms with Gasteiger partial charge in [0.05, 0.1) is 12.5 Å². The van der Waals surface area contributed by atoms with Crippen molar-refractivity contribution in [1.82, 2.24) is 10.2 Å². The number of fused-ring (bicyclic) bond motifs is 1. The molecule has 2 rings (SSSR count). The standard InChI is InChI=1S/C6H3ClN2O/c7-6-5-4(1-2-10-5)3-8-9-6/h1-3H. The maximum Gasteiger partial charge on any atom is 0.194 e. The van der Waals surface area contributed by atoms with Gasteiger partial charge in [-0.15, -0.1) is 5.10 Å². The first-order valence-electron chi connectivity index (χ1n) is 2.72. The van der Waals surface area contributed by atoms with Gasteiger partial charge in [0.1, 0.15) is 0 Å². The Morgan fingerprint density at radius 3 is 3.20 bits per heavy atom. The van der Waals surface area contributed by atoms with Gasteiger partial charge in [-0.25, -0.2) is 0 Å². The smallest absolute Gasteiger partial charge is 0.194 e. The Morgan fingerprint density at radius 1 is 1.50 bits per heavy atom. The van der Waals surface area contributed by atoms with Crippen LogP contribution in [-0.4, -0.2) is 10.2 Å². The molecule has 50 valence electrons. The minimum Gasteiger partial charge on any atom is -0.461 e. The summed E-state index contributed by atoms with van der Waals surface area (Å²) >= 11 is 5.63. The summed E-state index contributed by atoms with van der Waals surface area (Å²) in [4.78, 5) is 0. The molecule has 2 heterocycles. The van der Waals surface area contributed by atoms with Gasteiger partial charge in [-0.3, -0.25) is 0 Å². The number of hydrogen-bond acceptors (Lipinski definition) is 3. The Balaban J connectivity index is 2.95. The van der Waals surface area contributed by atoms with Crippen molar-refractivity contribution >= 4 is 22.6 Å². The van der Waals surface area contributed by atoms with Crippen molar-refractivity contribution in [3.63, 3.8) is 0 Å². The second-order valence-electron chi connectivity index (χ2n) is 1.84. The summed E-state index contributed by atoms with van der Waals surface area (Å²) in [5.74, 6) is 0. The molecular weight excluding hydrogens is 152 g/mol. The molecule has 0 aliphatic rings. The largest absolute Gasteiger partial charge is 0.461 e. The third-order valence-electron chi connectivity index (χ3n) is 1.23. The molecule has 2 aromatic heterocycles. The second-order valence-corrected chi connectivity index (χ2v) is 2.20. The summed E-state index contributed by atoms with van der Waals surface area (Å²) in [6.07, 6.45) is 3.16. The van der Waals surface area contributed by atoms with E-state index in [0.29, 0.717) is 10.7 Å². The minimum absolute atomic E-state index is 0.308. The molecule has 0 spiro atoms. The van der Waals surface area contributed by atoms with E-state index >= 15 is 0 Å². The van der Waals surface area contributed by atoms with Crippen molar-refractivity contribution in [3.05, 3.63) is 23.7 Å². The molecular formula is C6H3ClN2O. The van der Waals surface area contributed by atoms with Crippen molar-refractivity contribution < 1.29 is 4.42 Å². The highest BCUT2D eigenvalue weighted by Crippen LogP contribution is 2.19. The molecule has 0 aliphatic heterocycles. The molecule has 0 saturated carbocycles. The number of halogens is 1. The van der Waals surface area contributed by atoms with Crippen LogP contribution in [0.1, 0.15) is 0 Å². The van der Waals surface area contributed by atoms with Gasteiger partial charge in [-0.05, 0) is 6.07 Å². The maximum atomic E-state index is 5.63. The maximum absolute atomic E-state index is 5.63. The average Bonchev–Trinajstić information content (AvgIpc) is 2.36. The normalized spacial score (nSPS) is 10.5. The molecule has 0 bridgehead atoms. The molecule has 0 amide bonds. The van der Waals surface area contributed by atoms with Crippen LogP contribution in [0.4, 0.5) is 0 Å². The quantitative estimate of drug-likeness (QED) is 0.582. The molecule has 0 fully saturated rings. The molecule has 0 atom stereocenters. The van der Waals surface area contributed by atoms with Gasteiger partial charge in [-0.2, -0.15) is 5.10 Å². The van der Waals surface area contributed by atoms with Gasteiger partial charge in [0.2, 0.25) is 0 Å². The summed E-state index contributed by atoms with van der Waals surface area (Å²) in [6, 6.07) is 1.79. The molecule has 0 N–H and O–H groups in total. The van der Waals surface area contributed by atoms with Gasteiger partial charge < -0.3 is 4.42 Å². The van der Waals surface area contributed by atoms with E-state index in [1.54, 1.807) is 18.5 Å². The SMILES string of the molecule is Clc1nncc2ccoc12. The van der Waals surface area contributed by atoms with Crippen LogP contribution in [0, 0.1) is 0 Å². The molecule has 3 nitrogen and oxygen atoms in total. The molecule has 2 aromatic rings. The monoisotopic (exact) mass is 154 g/mol. The lowest BCUT2D eigenvalue weighted by molar-refractivity contribution is 0.613. The summed E-state index contributed by atoms with van der Waals surface area (Å²) in [7, 11) is 0. The first kappa shape index (κ1) is 5.68. The molecule has 0 radical (unpaired) electrons. The van der Waals surface area contributed by atoms with Gasteiger partial charge in [0.25, 0.3) is 0 Å². The zero-order valence-electron chi connectivity index (χ0n) is 4.91. The third-order valence-corrected chi connectivity index (χ3v) is 1.47. The van der Waals surface area contributed by atoms with Gasteiger partial charge >= 0.3 is 0 Å². The molecule has 4 heteroatoms. The number of hydrogen-bond donors (Lipinski definition) is 0. The predicted octanol–water partition coefficient (Wildman–Crippen LogP) is 1.88. The van der Waals surface area contributed by atoms with Crippen LogP contribution in [0.5, 0.6) is 0 Å². The molecule has 0 aliphatic carbocycles. The van der Waals surface area contributed by atoms with E-state index in [1.807, 2.05) is 0 Å². The van der Waals surface area contributed by atoms with Crippen molar-refractivity contribution in [2.75, 3.05) is 0 Å². The lowest BCUT2D eigenvalue weighted by atomic mass is 10.4. The Morgan fingerprint density at radius 2 is 2.40 bits per heavy atom. The van der Waals surface area contributed by atoms with Crippen LogP contribution in [0.2, 0.25) is 5.15 Å². The first-order chi connectivity index (χ1) is 4.88. The lowest BCUT2D eigenvalue weighted by Crippen LogP contribution is -1.78. The van der Waals surface area contributed by atoms with Crippen LogP contribution in [0.3, 0.4) is 0 Å². The topological polar surface area (TPSA) is 38.9 Å². The van der Waals surface area contributed by atoms with Gasteiger partial charge in [0.15, 0.2) is 10.7 Å². The van der Waals surface area contributed by atoms with Crippen molar-refractivity contribution in [3.8, 4) is 0 Å². The zero-order chi connectivity index (χ0) is 6.97.